The highest BCUT2D eigenvalue weighted by atomic mass is 32.1. The van der Waals surface area contributed by atoms with Gasteiger partial charge in [0.1, 0.15) is 0 Å². The number of rotatable bonds is 5. The number of hydrogen-bond donors (Lipinski definition) is 2. The van der Waals surface area contributed by atoms with E-state index in [2.05, 4.69) is 20.8 Å². The zero-order chi connectivity index (χ0) is 15.8. The van der Waals surface area contributed by atoms with Crippen LogP contribution in [0.1, 0.15) is 5.69 Å². The van der Waals surface area contributed by atoms with Crippen molar-refractivity contribution in [2.75, 3.05) is 19.5 Å². The third-order valence-electron chi connectivity index (χ3n) is 2.69. The molecule has 0 atom stereocenters. The lowest BCUT2D eigenvalue weighted by atomic mass is 10.3. The Hall–Kier alpha value is -2.67. The van der Waals surface area contributed by atoms with Gasteiger partial charge in [-0.25, -0.2) is 0 Å². The van der Waals surface area contributed by atoms with Crippen LogP contribution in [0.2, 0.25) is 0 Å². The van der Waals surface area contributed by atoms with Crippen molar-refractivity contribution in [1.29, 1.82) is 0 Å². The Balaban J connectivity index is 1.93. The Morgan fingerprint density at radius 3 is 2.68 bits per heavy atom. The number of ether oxygens (including phenoxy) is 2. The van der Waals surface area contributed by atoms with E-state index in [4.69, 9.17) is 21.7 Å². The second-order valence-electron chi connectivity index (χ2n) is 4.15. The number of nitrogens with one attached hydrogen (secondary N) is 2. The minimum atomic E-state index is 0.361. The fourth-order valence-electron chi connectivity index (χ4n) is 1.68. The van der Waals surface area contributed by atoms with Gasteiger partial charge >= 0.3 is 0 Å². The van der Waals surface area contributed by atoms with Gasteiger partial charge < -0.3 is 14.8 Å². The molecule has 0 aliphatic heterocycles. The molecule has 0 bridgehead atoms. The monoisotopic (exact) mass is 316 g/mol. The van der Waals surface area contributed by atoms with Crippen LogP contribution in [0, 0.1) is 0 Å². The first-order valence-electron chi connectivity index (χ1n) is 6.46. The number of hydrogen-bond acceptors (Lipinski definition) is 5. The van der Waals surface area contributed by atoms with Crippen LogP contribution < -0.4 is 20.2 Å². The standard InChI is InChI=1S/C15H16N4O2S/c1-20-13-7-6-11(9-14(13)21-2)18-15(22)19-17-10-12-5-3-4-8-16-12/h3-10H,1-2H3,(H2,18,19,22). The molecule has 0 saturated carbocycles. The minimum Gasteiger partial charge on any atom is -0.493 e. The number of anilines is 1. The number of hydrazone groups is 1. The first-order chi connectivity index (χ1) is 10.7. The molecule has 0 aliphatic carbocycles. The van der Waals surface area contributed by atoms with E-state index in [1.54, 1.807) is 38.8 Å². The SMILES string of the molecule is COc1ccc(NC(=S)NN=Cc2ccccn2)cc1OC. The van der Waals surface area contributed by atoms with E-state index in [1.807, 2.05) is 24.3 Å². The first-order valence-corrected chi connectivity index (χ1v) is 6.87. The van der Waals surface area contributed by atoms with E-state index < -0.39 is 0 Å². The molecule has 6 nitrogen and oxygen atoms in total. The second-order valence-corrected chi connectivity index (χ2v) is 4.56. The van der Waals surface area contributed by atoms with Gasteiger partial charge in [0.25, 0.3) is 0 Å². The summed E-state index contributed by atoms with van der Waals surface area (Å²) in [7, 11) is 3.17. The molecule has 0 radical (unpaired) electrons. The lowest BCUT2D eigenvalue weighted by Gasteiger charge is -2.11. The number of methoxy groups -OCH3 is 2. The van der Waals surface area contributed by atoms with Crippen LogP contribution in [-0.4, -0.2) is 30.5 Å². The quantitative estimate of drug-likeness (QED) is 0.502. The highest BCUT2D eigenvalue weighted by Crippen LogP contribution is 2.29. The topological polar surface area (TPSA) is 67.8 Å². The van der Waals surface area contributed by atoms with Crippen LogP contribution in [-0.2, 0) is 0 Å². The molecule has 1 aromatic heterocycles. The highest BCUT2D eigenvalue weighted by Gasteiger charge is 2.05. The predicted octanol–water partition coefficient (Wildman–Crippen LogP) is 2.42. The van der Waals surface area contributed by atoms with Gasteiger partial charge in [0, 0.05) is 18.0 Å². The van der Waals surface area contributed by atoms with Gasteiger partial charge in [-0.1, -0.05) is 6.07 Å². The molecule has 1 heterocycles. The molecule has 7 heteroatoms. The zero-order valence-corrected chi connectivity index (χ0v) is 13.1. The second kappa shape index (κ2) is 7.94. The molecule has 0 amide bonds. The van der Waals surface area contributed by atoms with E-state index >= 15 is 0 Å². The average Bonchev–Trinajstić information content (AvgIpc) is 2.55. The van der Waals surface area contributed by atoms with Gasteiger partial charge in [-0.15, -0.1) is 0 Å². The Kier molecular flexibility index (Phi) is 5.67. The molecule has 0 unspecified atom stereocenters. The fraction of sp³-hybridized carbons (Fsp3) is 0.133. The molecular weight excluding hydrogens is 300 g/mol. The van der Waals surface area contributed by atoms with Crippen molar-refractivity contribution in [1.82, 2.24) is 10.4 Å². The molecular formula is C15H16N4O2S. The normalized spacial score (nSPS) is 10.3. The maximum atomic E-state index is 5.23. The lowest BCUT2D eigenvalue weighted by molar-refractivity contribution is 0.355. The maximum Gasteiger partial charge on any atom is 0.191 e. The number of pyridine rings is 1. The predicted molar refractivity (Wildman–Crippen MR) is 90.7 cm³/mol. The van der Waals surface area contributed by atoms with Crippen molar-refractivity contribution < 1.29 is 9.47 Å². The third kappa shape index (κ3) is 4.42. The van der Waals surface area contributed by atoms with Crippen LogP contribution in [0.4, 0.5) is 5.69 Å². The van der Waals surface area contributed by atoms with Crippen molar-refractivity contribution in [3.63, 3.8) is 0 Å². The van der Waals surface area contributed by atoms with Crippen LogP contribution >= 0.6 is 12.2 Å². The molecule has 2 N–H and O–H groups in total. The summed E-state index contributed by atoms with van der Waals surface area (Å²) < 4.78 is 10.4. The number of thiocarbonyl (C=S) groups is 1. The lowest BCUT2D eigenvalue weighted by Crippen LogP contribution is -2.23. The Labute approximate surface area is 134 Å². The van der Waals surface area contributed by atoms with E-state index in [0.29, 0.717) is 16.6 Å². The number of benzene rings is 1. The van der Waals surface area contributed by atoms with Gasteiger partial charge in [0.05, 0.1) is 26.1 Å². The summed E-state index contributed by atoms with van der Waals surface area (Å²) in [4.78, 5) is 4.12. The zero-order valence-electron chi connectivity index (χ0n) is 12.2. The van der Waals surface area contributed by atoms with E-state index in [-0.39, 0.29) is 0 Å². The minimum absolute atomic E-state index is 0.361. The summed E-state index contributed by atoms with van der Waals surface area (Å²) in [5, 5.41) is 7.38. The Bertz CT molecular complexity index is 662. The summed E-state index contributed by atoms with van der Waals surface area (Å²) in [6, 6.07) is 11.0. The summed E-state index contributed by atoms with van der Waals surface area (Å²) in [6.07, 6.45) is 3.28. The molecule has 2 rings (SSSR count). The van der Waals surface area contributed by atoms with Gasteiger partial charge in [-0.2, -0.15) is 5.10 Å². The third-order valence-corrected chi connectivity index (χ3v) is 2.89. The van der Waals surface area contributed by atoms with Crippen molar-refractivity contribution >= 4 is 29.2 Å². The number of nitrogens with zero attached hydrogens (tertiary/aromatic N) is 2. The Morgan fingerprint density at radius 1 is 1.18 bits per heavy atom. The van der Waals surface area contributed by atoms with Crippen LogP contribution in [0.25, 0.3) is 0 Å². The molecule has 0 fully saturated rings. The van der Waals surface area contributed by atoms with Crippen molar-refractivity contribution in [3.05, 3.63) is 48.3 Å². The maximum absolute atomic E-state index is 5.23. The summed E-state index contributed by atoms with van der Waals surface area (Å²) in [6.45, 7) is 0. The first kappa shape index (κ1) is 15.7. The number of aromatic nitrogens is 1. The summed E-state index contributed by atoms with van der Waals surface area (Å²) in [5.74, 6) is 1.27. The Morgan fingerprint density at radius 2 is 2.00 bits per heavy atom. The summed E-state index contributed by atoms with van der Waals surface area (Å²) in [5.41, 5.74) is 4.23. The molecule has 0 saturated heterocycles. The van der Waals surface area contributed by atoms with Crippen molar-refractivity contribution in [2.45, 2.75) is 0 Å². The van der Waals surface area contributed by atoms with Gasteiger partial charge in [0.2, 0.25) is 0 Å². The fourth-order valence-corrected chi connectivity index (χ4v) is 1.85. The molecule has 22 heavy (non-hydrogen) atoms. The molecule has 0 spiro atoms. The molecule has 1 aromatic carbocycles. The highest BCUT2D eigenvalue weighted by molar-refractivity contribution is 7.80. The van der Waals surface area contributed by atoms with Crippen LogP contribution in [0.3, 0.4) is 0 Å². The molecule has 0 aliphatic rings. The smallest absolute Gasteiger partial charge is 0.191 e. The largest absolute Gasteiger partial charge is 0.493 e. The van der Waals surface area contributed by atoms with Crippen molar-refractivity contribution in [3.8, 4) is 11.5 Å². The van der Waals surface area contributed by atoms with Gasteiger partial charge in [-0.05, 0) is 36.5 Å². The average molecular weight is 316 g/mol. The van der Waals surface area contributed by atoms with Crippen LogP contribution in [0.5, 0.6) is 11.5 Å². The van der Waals surface area contributed by atoms with E-state index in [1.165, 1.54) is 0 Å². The van der Waals surface area contributed by atoms with Gasteiger partial charge in [-0.3, -0.25) is 10.4 Å². The summed E-state index contributed by atoms with van der Waals surface area (Å²) >= 11 is 5.16. The van der Waals surface area contributed by atoms with Crippen LogP contribution in [0.15, 0.2) is 47.7 Å². The van der Waals surface area contributed by atoms with Gasteiger partial charge in [0.15, 0.2) is 16.6 Å². The van der Waals surface area contributed by atoms with E-state index in [9.17, 15) is 0 Å². The van der Waals surface area contributed by atoms with E-state index in [0.717, 1.165) is 11.4 Å². The molecule has 114 valence electrons. The van der Waals surface area contributed by atoms with Crippen molar-refractivity contribution in [2.24, 2.45) is 5.10 Å². The molecule has 2 aromatic rings.